The Bertz CT molecular complexity index is 989. The number of rotatable bonds is 8. The molecule has 31 heavy (non-hydrogen) atoms. The van der Waals surface area contributed by atoms with Gasteiger partial charge in [-0.25, -0.2) is 8.42 Å². The summed E-state index contributed by atoms with van der Waals surface area (Å²) in [5.74, 6) is 1.16. The average molecular weight is 448 g/mol. The molecule has 2 aromatic rings. The topological polar surface area (TPSA) is 88.2 Å². The van der Waals surface area contributed by atoms with Gasteiger partial charge < -0.3 is 14.4 Å². The fraction of sp³-hybridized carbons (Fsp3) is 0.409. The molecular formula is C22H29N3O5S. The normalized spacial score (nSPS) is 16.0. The van der Waals surface area contributed by atoms with Crippen molar-refractivity contribution in [2.75, 3.05) is 40.4 Å². The highest BCUT2D eigenvalue weighted by molar-refractivity contribution is 7.89. The smallest absolute Gasteiger partial charge is 0.241 e. The molecule has 1 heterocycles. The van der Waals surface area contributed by atoms with Crippen LogP contribution < -0.4 is 14.2 Å². The quantitative estimate of drug-likeness (QED) is 0.663. The van der Waals surface area contributed by atoms with Gasteiger partial charge in [0.25, 0.3) is 0 Å². The number of amides is 1. The third-order valence-electron chi connectivity index (χ3n) is 5.29. The molecule has 3 rings (SSSR count). The van der Waals surface area contributed by atoms with E-state index in [-0.39, 0.29) is 10.8 Å². The van der Waals surface area contributed by atoms with Gasteiger partial charge in [0.15, 0.2) is 11.5 Å². The molecule has 0 spiro atoms. The highest BCUT2D eigenvalue weighted by atomic mass is 32.2. The first-order chi connectivity index (χ1) is 14.8. The van der Waals surface area contributed by atoms with Crippen molar-refractivity contribution in [2.24, 2.45) is 0 Å². The van der Waals surface area contributed by atoms with Crippen LogP contribution >= 0.6 is 0 Å². The van der Waals surface area contributed by atoms with Gasteiger partial charge in [0, 0.05) is 32.7 Å². The Morgan fingerprint density at radius 1 is 1.00 bits per heavy atom. The van der Waals surface area contributed by atoms with Gasteiger partial charge in [-0.1, -0.05) is 24.3 Å². The monoisotopic (exact) mass is 447 g/mol. The van der Waals surface area contributed by atoms with E-state index in [4.69, 9.17) is 9.47 Å². The van der Waals surface area contributed by atoms with E-state index in [0.717, 1.165) is 12.1 Å². The predicted octanol–water partition coefficient (Wildman–Crippen LogP) is 1.72. The van der Waals surface area contributed by atoms with Crippen LogP contribution in [0.1, 0.15) is 12.5 Å². The standard InChI is InChI=1S/C22H29N3O5S/c1-17(23-31(27,28)19-7-5-4-6-8-19)22(26)25-13-11-24(12-14-25)16-18-9-10-20(29-2)21(15-18)30-3/h4-10,15,17,23H,11-14,16H2,1-3H3/t17-/m0/s1. The summed E-state index contributed by atoms with van der Waals surface area (Å²) < 4.78 is 38.1. The summed E-state index contributed by atoms with van der Waals surface area (Å²) in [5, 5.41) is 0. The number of carbonyl (C=O) groups excluding carboxylic acids is 1. The fourth-order valence-corrected chi connectivity index (χ4v) is 4.81. The van der Waals surface area contributed by atoms with Crippen molar-refractivity contribution in [3.8, 4) is 11.5 Å². The zero-order valence-corrected chi connectivity index (χ0v) is 18.9. The van der Waals surface area contributed by atoms with Crippen LogP contribution in [0.2, 0.25) is 0 Å². The number of nitrogens with zero attached hydrogens (tertiary/aromatic N) is 2. The number of nitrogens with one attached hydrogen (secondary N) is 1. The molecule has 0 saturated carbocycles. The van der Waals surface area contributed by atoms with Crippen LogP contribution in [0.5, 0.6) is 11.5 Å². The molecule has 0 aliphatic carbocycles. The van der Waals surface area contributed by atoms with E-state index in [9.17, 15) is 13.2 Å². The van der Waals surface area contributed by atoms with E-state index in [2.05, 4.69) is 9.62 Å². The van der Waals surface area contributed by atoms with Gasteiger partial charge >= 0.3 is 0 Å². The van der Waals surface area contributed by atoms with Crippen molar-refractivity contribution in [3.05, 3.63) is 54.1 Å². The lowest BCUT2D eigenvalue weighted by Crippen LogP contribution is -2.53. The SMILES string of the molecule is COc1ccc(CN2CCN(C(=O)[C@H](C)NS(=O)(=O)c3ccccc3)CC2)cc1OC. The number of sulfonamides is 1. The van der Waals surface area contributed by atoms with Gasteiger partial charge in [-0.2, -0.15) is 4.72 Å². The molecule has 1 amide bonds. The summed E-state index contributed by atoms with van der Waals surface area (Å²) in [7, 11) is -0.521. The first-order valence-electron chi connectivity index (χ1n) is 10.1. The van der Waals surface area contributed by atoms with Gasteiger partial charge in [0.2, 0.25) is 15.9 Å². The van der Waals surface area contributed by atoms with Crippen LogP contribution in [0.3, 0.4) is 0 Å². The maximum Gasteiger partial charge on any atom is 0.241 e. The highest BCUT2D eigenvalue weighted by Crippen LogP contribution is 2.28. The summed E-state index contributed by atoms with van der Waals surface area (Å²) in [5.41, 5.74) is 1.10. The van der Waals surface area contributed by atoms with Crippen molar-refractivity contribution in [1.29, 1.82) is 0 Å². The maximum atomic E-state index is 12.8. The van der Waals surface area contributed by atoms with Gasteiger partial charge in [-0.3, -0.25) is 9.69 Å². The molecule has 8 nitrogen and oxygen atoms in total. The Morgan fingerprint density at radius 3 is 2.26 bits per heavy atom. The van der Waals surface area contributed by atoms with E-state index in [1.165, 1.54) is 12.1 Å². The summed E-state index contributed by atoms with van der Waals surface area (Å²) in [6.07, 6.45) is 0. The maximum absolute atomic E-state index is 12.8. The zero-order chi connectivity index (χ0) is 22.4. The molecule has 1 N–H and O–H groups in total. The summed E-state index contributed by atoms with van der Waals surface area (Å²) in [6.45, 7) is 4.82. The Balaban J connectivity index is 1.54. The van der Waals surface area contributed by atoms with Crippen LogP contribution in [0.25, 0.3) is 0 Å². The van der Waals surface area contributed by atoms with E-state index < -0.39 is 16.1 Å². The molecular weight excluding hydrogens is 418 g/mol. The molecule has 9 heteroatoms. The number of hydrogen-bond donors (Lipinski definition) is 1. The van der Waals surface area contributed by atoms with Gasteiger partial charge in [0.05, 0.1) is 25.2 Å². The van der Waals surface area contributed by atoms with Crippen LogP contribution in [-0.4, -0.2) is 70.6 Å². The van der Waals surface area contributed by atoms with Crippen LogP contribution in [0.15, 0.2) is 53.4 Å². The molecule has 168 valence electrons. The molecule has 0 bridgehead atoms. The van der Waals surface area contributed by atoms with Crippen molar-refractivity contribution in [2.45, 2.75) is 24.4 Å². The van der Waals surface area contributed by atoms with E-state index in [0.29, 0.717) is 37.7 Å². The van der Waals surface area contributed by atoms with Crippen LogP contribution in [-0.2, 0) is 21.4 Å². The highest BCUT2D eigenvalue weighted by Gasteiger charge is 2.28. The molecule has 0 unspecified atom stereocenters. The molecule has 1 aliphatic rings. The van der Waals surface area contributed by atoms with Gasteiger partial charge in [0.1, 0.15) is 0 Å². The largest absolute Gasteiger partial charge is 0.493 e. The fourth-order valence-electron chi connectivity index (χ4n) is 3.59. The average Bonchev–Trinajstić information content (AvgIpc) is 2.79. The summed E-state index contributed by atoms with van der Waals surface area (Å²) in [6, 6.07) is 13.1. The molecule has 2 aromatic carbocycles. The first kappa shape index (κ1) is 23.1. The Hall–Kier alpha value is -2.62. The Morgan fingerprint density at radius 2 is 1.65 bits per heavy atom. The number of piperazine rings is 1. The third-order valence-corrected chi connectivity index (χ3v) is 6.85. The van der Waals surface area contributed by atoms with Crippen molar-refractivity contribution in [3.63, 3.8) is 0 Å². The first-order valence-corrected chi connectivity index (χ1v) is 11.6. The zero-order valence-electron chi connectivity index (χ0n) is 18.1. The van der Waals surface area contributed by atoms with Gasteiger partial charge in [-0.05, 0) is 36.8 Å². The lowest BCUT2D eigenvalue weighted by molar-refractivity contribution is -0.134. The minimum atomic E-state index is -3.74. The molecule has 1 atom stereocenters. The molecule has 1 saturated heterocycles. The second kappa shape index (κ2) is 10.1. The Labute approximate surface area is 183 Å². The summed E-state index contributed by atoms with van der Waals surface area (Å²) >= 11 is 0. The summed E-state index contributed by atoms with van der Waals surface area (Å²) in [4.78, 5) is 16.9. The Kier molecular flexibility index (Phi) is 7.53. The van der Waals surface area contributed by atoms with Crippen LogP contribution in [0.4, 0.5) is 0 Å². The molecule has 0 aromatic heterocycles. The lowest BCUT2D eigenvalue weighted by Gasteiger charge is -2.36. The number of methoxy groups -OCH3 is 2. The number of hydrogen-bond acceptors (Lipinski definition) is 6. The molecule has 1 aliphatic heterocycles. The van der Waals surface area contributed by atoms with E-state index in [1.54, 1.807) is 44.2 Å². The number of ether oxygens (including phenoxy) is 2. The van der Waals surface area contributed by atoms with Crippen molar-refractivity contribution in [1.82, 2.24) is 14.5 Å². The van der Waals surface area contributed by atoms with Crippen LogP contribution in [0, 0.1) is 0 Å². The number of carbonyl (C=O) groups is 1. The van der Waals surface area contributed by atoms with Crippen molar-refractivity contribution < 1.29 is 22.7 Å². The van der Waals surface area contributed by atoms with Crippen molar-refractivity contribution >= 4 is 15.9 Å². The molecule has 1 fully saturated rings. The molecule has 0 radical (unpaired) electrons. The minimum Gasteiger partial charge on any atom is -0.493 e. The third kappa shape index (κ3) is 5.75. The van der Waals surface area contributed by atoms with Gasteiger partial charge in [-0.15, -0.1) is 0 Å². The predicted molar refractivity (Wildman–Crippen MR) is 118 cm³/mol. The number of benzene rings is 2. The van der Waals surface area contributed by atoms with E-state index >= 15 is 0 Å². The van der Waals surface area contributed by atoms with E-state index in [1.807, 2.05) is 18.2 Å². The second-order valence-electron chi connectivity index (χ2n) is 7.45. The lowest BCUT2D eigenvalue weighted by atomic mass is 10.1. The second-order valence-corrected chi connectivity index (χ2v) is 9.16. The minimum absolute atomic E-state index is 0.148.